The Hall–Kier alpha value is -2.85. The number of hydrogen-bond acceptors (Lipinski definition) is 4. The van der Waals surface area contributed by atoms with E-state index in [1.807, 2.05) is 12.1 Å². The molecule has 3 aromatic carbocycles. The van der Waals surface area contributed by atoms with E-state index in [2.05, 4.69) is 64.7 Å². The molecule has 0 amide bonds. The number of ether oxygens (including phenoxy) is 1. The predicted octanol–water partition coefficient (Wildman–Crippen LogP) is 4.62. The summed E-state index contributed by atoms with van der Waals surface area (Å²) in [6.07, 6.45) is 1.88. The molecule has 2 aliphatic rings. The Balaban J connectivity index is 1.28. The standard InChI is InChI=1S/C24H24N2O2/c1-27-21-11-9-19(10-12-21)23-15-24(28-25-23)13-14-26(17-24)16-20-7-4-6-18-5-2-3-8-22(18)20/h2-12H,13-17H2,1H3. The average Bonchev–Trinajstić information content (AvgIpc) is 3.35. The van der Waals surface area contributed by atoms with Gasteiger partial charge in [-0.15, -0.1) is 0 Å². The first-order chi connectivity index (χ1) is 13.7. The third-order valence-corrected chi connectivity index (χ3v) is 5.93. The van der Waals surface area contributed by atoms with E-state index in [1.165, 1.54) is 16.3 Å². The molecule has 5 rings (SSSR count). The van der Waals surface area contributed by atoms with Gasteiger partial charge in [0, 0.05) is 32.5 Å². The van der Waals surface area contributed by atoms with Gasteiger partial charge in [-0.1, -0.05) is 47.6 Å². The topological polar surface area (TPSA) is 34.1 Å². The van der Waals surface area contributed by atoms with Crippen LogP contribution in [-0.2, 0) is 11.4 Å². The summed E-state index contributed by atoms with van der Waals surface area (Å²) in [5.41, 5.74) is 3.35. The highest BCUT2D eigenvalue weighted by atomic mass is 16.7. The zero-order valence-electron chi connectivity index (χ0n) is 16.1. The Morgan fingerprint density at radius 2 is 1.86 bits per heavy atom. The molecule has 4 nitrogen and oxygen atoms in total. The quantitative estimate of drug-likeness (QED) is 0.670. The van der Waals surface area contributed by atoms with Crippen molar-refractivity contribution in [3.63, 3.8) is 0 Å². The molecule has 1 unspecified atom stereocenters. The van der Waals surface area contributed by atoms with Crippen LogP contribution >= 0.6 is 0 Å². The van der Waals surface area contributed by atoms with Gasteiger partial charge < -0.3 is 9.57 Å². The SMILES string of the molecule is COc1ccc(C2=NOC3(CCN(Cc4cccc5ccccc45)C3)C2)cc1. The molecule has 0 aliphatic carbocycles. The molecular weight excluding hydrogens is 348 g/mol. The van der Waals surface area contributed by atoms with Crippen molar-refractivity contribution in [2.24, 2.45) is 5.16 Å². The van der Waals surface area contributed by atoms with Crippen molar-refractivity contribution >= 4 is 16.5 Å². The van der Waals surface area contributed by atoms with Gasteiger partial charge in [-0.05, 0) is 46.2 Å². The zero-order chi connectivity index (χ0) is 19.0. The van der Waals surface area contributed by atoms with Gasteiger partial charge in [0.25, 0.3) is 0 Å². The molecule has 0 bridgehead atoms. The number of methoxy groups -OCH3 is 1. The van der Waals surface area contributed by atoms with Gasteiger partial charge in [-0.25, -0.2) is 0 Å². The second kappa shape index (κ2) is 6.95. The summed E-state index contributed by atoms with van der Waals surface area (Å²) < 4.78 is 5.25. The Morgan fingerprint density at radius 3 is 2.71 bits per heavy atom. The van der Waals surface area contributed by atoms with Gasteiger partial charge in [-0.3, -0.25) is 4.90 Å². The predicted molar refractivity (Wildman–Crippen MR) is 112 cm³/mol. The first kappa shape index (κ1) is 17.3. The lowest BCUT2D eigenvalue weighted by atomic mass is 9.93. The molecule has 0 aromatic heterocycles. The Labute approximate surface area is 165 Å². The molecule has 0 saturated carbocycles. The van der Waals surface area contributed by atoms with Gasteiger partial charge in [0.1, 0.15) is 5.75 Å². The van der Waals surface area contributed by atoms with E-state index in [9.17, 15) is 0 Å². The van der Waals surface area contributed by atoms with E-state index in [1.54, 1.807) is 7.11 Å². The van der Waals surface area contributed by atoms with Crippen molar-refractivity contribution in [2.75, 3.05) is 20.2 Å². The van der Waals surface area contributed by atoms with Crippen molar-refractivity contribution < 1.29 is 9.57 Å². The summed E-state index contributed by atoms with van der Waals surface area (Å²) >= 11 is 0. The van der Waals surface area contributed by atoms with Gasteiger partial charge >= 0.3 is 0 Å². The highest BCUT2D eigenvalue weighted by Gasteiger charge is 2.45. The number of fused-ring (bicyclic) bond motifs is 1. The molecule has 2 heterocycles. The maximum absolute atomic E-state index is 6.00. The highest BCUT2D eigenvalue weighted by Crippen LogP contribution is 2.36. The number of hydrogen-bond donors (Lipinski definition) is 0. The molecule has 1 saturated heterocycles. The highest BCUT2D eigenvalue weighted by molar-refractivity contribution is 6.01. The largest absolute Gasteiger partial charge is 0.497 e. The molecule has 3 aromatic rings. The third kappa shape index (κ3) is 3.14. The second-order valence-electron chi connectivity index (χ2n) is 7.82. The van der Waals surface area contributed by atoms with Crippen LogP contribution in [0.3, 0.4) is 0 Å². The lowest BCUT2D eigenvalue weighted by Gasteiger charge is -2.22. The molecule has 0 N–H and O–H groups in total. The summed E-state index contributed by atoms with van der Waals surface area (Å²) in [6.45, 7) is 2.90. The fourth-order valence-corrected chi connectivity index (χ4v) is 4.41. The zero-order valence-corrected chi connectivity index (χ0v) is 16.1. The lowest BCUT2D eigenvalue weighted by Crippen LogP contribution is -2.33. The number of likely N-dealkylation sites (tertiary alicyclic amines) is 1. The molecule has 0 radical (unpaired) electrons. The van der Waals surface area contributed by atoms with Crippen LogP contribution in [0.1, 0.15) is 24.0 Å². The van der Waals surface area contributed by atoms with Gasteiger partial charge in [0.05, 0.1) is 12.8 Å². The monoisotopic (exact) mass is 372 g/mol. The summed E-state index contributed by atoms with van der Waals surface area (Å²) in [5, 5.41) is 7.08. The van der Waals surface area contributed by atoms with Crippen LogP contribution in [-0.4, -0.2) is 36.4 Å². The Bertz CT molecular complexity index is 1020. The summed E-state index contributed by atoms with van der Waals surface area (Å²) in [6, 6.07) is 23.3. The fraction of sp³-hybridized carbons (Fsp3) is 0.292. The molecule has 4 heteroatoms. The molecule has 1 spiro atoms. The van der Waals surface area contributed by atoms with Gasteiger partial charge in [0.2, 0.25) is 0 Å². The van der Waals surface area contributed by atoms with Crippen molar-refractivity contribution in [1.29, 1.82) is 0 Å². The van der Waals surface area contributed by atoms with E-state index >= 15 is 0 Å². The van der Waals surface area contributed by atoms with Crippen molar-refractivity contribution in [2.45, 2.75) is 25.0 Å². The molecule has 142 valence electrons. The van der Waals surface area contributed by atoms with Crippen LogP contribution in [0.4, 0.5) is 0 Å². The smallest absolute Gasteiger partial charge is 0.157 e. The summed E-state index contributed by atoms with van der Waals surface area (Å²) in [7, 11) is 1.68. The molecule has 1 atom stereocenters. The molecular formula is C24H24N2O2. The van der Waals surface area contributed by atoms with Crippen molar-refractivity contribution in [3.05, 3.63) is 77.9 Å². The van der Waals surface area contributed by atoms with Gasteiger partial charge in [0.15, 0.2) is 5.60 Å². The van der Waals surface area contributed by atoms with E-state index in [-0.39, 0.29) is 5.60 Å². The average molecular weight is 372 g/mol. The fourth-order valence-electron chi connectivity index (χ4n) is 4.41. The Kier molecular flexibility index (Phi) is 4.29. The van der Waals surface area contributed by atoms with E-state index < -0.39 is 0 Å². The minimum Gasteiger partial charge on any atom is -0.497 e. The molecule has 28 heavy (non-hydrogen) atoms. The normalized spacial score (nSPS) is 21.8. The first-order valence-electron chi connectivity index (χ1n) is 9.83. The molecule has 2 aliphatic heterocycles. The maximum atomic E-state index is 6.00. The summed E-state index contributed by atoms with van der Waals surface area (Å²) in [4.78, 5) is 8.49. The van der Waals surface area contributed by atoms with Crippen LogP contribution in [0.25, 0.3) is 10.8 Å². The lowest BCUT2D eigenvalue weighted by molar-refractivity contribution is -0.0104. The minimum absolute atomic E-state index is 0.181. The number of benzene rings is 3. The first-order valence-corrected chi connectivity index (χ1v) is 9.83. The van der Waals surface area contributed by atoms with Crippen LogP contribution in [0.2, 0.25) is 0 Å². The number of nitrogens with zero attached hydrogens (tertiary/aromatic N) is 2. The van der Waals surface area contributed by atoms with E-state index in [0.717, 1.165) is 49.5 Å². The number of oxime groups is 1. The Morgan fingerprint density at radius 1 is 1.04 bits per heavy atom. The van der Waals surface area contributed by atoms with Gasteiger partial charge in [-0.2, -0.15) is 0 Å². The third-order valence-electron chi connectivity index (χ3n) is 5.93. The second-order valence-corrected chi connectivity index (χ2v) is 7.82. The van der Waals surface area contributed by atoms with E-state index in [4.69, 9.17) is 9.57 Å². The van der Waals surface area contributed by atoms with E-state index in [0.29, 0.717) is 0 Å². The van der Waals surface area contributed by atoms with Crippen molar-refractivity contribution in [1.82, 2.24) is 4.90 Å². The minimum atomic E-state index is -0.181. The molecule has 1 fully saturated rings. The van der Waals surface area contributed by atoms with Crippen LogP contribution in [0.5, 0.6) is 5.75 Å². The maximum Gasteiger partial charge on any atom is 0.157 e. The van der Waals surface area contributed by atoms with Crippen LogP contribution in [0.15, 0.2) is 71.9 Å². The van der Waals surface area contributed by atoms with Crippen LogP contribution < -0.4 is 4.74 Å². The van der Waals surface area contributed by atoms with Crippen LogP contribution in [0, 0.1) is 0 Å². The number of rotatable bonds is 4. The van der Waals surface area contributed by atoms with Crippen molar-refractivity contribution in [3.8, 4) is 5.75 Å². The summed E-state index contributed by atoms with van der Waals surface area (Å²) in [5.74, 6) is 0.861.